The molecule has 1 aromatic carbocycles. The lowest BCUT2D eigenvalue weighted by molar-refractivity contribution is 0.438. The van der Waals surface area contributed by atoms with Gasteiger partial charge in [-0.05, 0) is 36.5 Å². The van der Waals surface area contributed by atoms with E-state index in [4.69, 9.17) is 0 Å². The molecule has 0 saturated carbocycles. The first kappa shape index (κ1) is 15.4. The third-order valence-electron chi connectivity index (χ3n) is 4.60. The quantitative estimate of drug-likeness (QED) is 0.876. The molecule has 3 rings (SSSR count). The normalized spacial score (nSPS) is 15.4. The fourth-order valence-corrected chi connectivity index (χ4v) is 3.05. The van der Waals surface area contributed by atoms with Gasteiger partial charge in [0, 0.05) is 25.4 Å². The molecule has 0 aliphatic carbocycles. The maximum absolute atomic E-state index is 12.2. The number of hydrogen-bond acceptors (Lipinski definition) is 3. The van der Waals surface area contributed by atoms with Gasteiger partial charge in [0.15, 0.2) is 0 Å². The van der Waals surface area contributed by atoms with Crippen LogP contribution in [0.3, 0.4) is 0 Å². The van der Waals surface area contributed by atoms with Crippen LogP contribution in [0.1, 0.15) is 30.9 Å². The Balaban J connectivity index is 1.87. The standard InChI is InChI=1S/C19H21N3O/c1-15-8-10-21(11-9-15)18-6-7-19(23)22(14-18)13-17-5-3-2-4-16(17)12-20/h2-7,14-15H,8-11,13H2,1H3. The number of pyridine rings is 1. The highest BCUT2D eigenvalue weighted by Gasteiger charge is 2.16. The average molecular weight is 307 g/mol. The van der Waals surface area contributed by atoms with E-state index in [0.717, 1.165) is 30.3 Å². The van der Waals surface area contributed by atoms with Crippen molar-refractivity contribution in [3.63, 3.8) is 0 Å². The zero-order valence-corrected chi connectivity index (χ0v) is 13.4. The average Bonchev–Trinajstić information content (AvgIpc) is 2.58. The molecule has 1 fully saturated rings. The Morgan fingerprint density at radius 1 is 1.17 bits per heavy atom. The molecule has 4 nitrogen and oxygen atoms in total. The van der Waals surface area contributed by atoms with Gasteiger partial charge in [-0.25, -0.2) is 0 Å². The summed E-state index contributed by atoms with van der Waals surface area (Å²) >= 11 is 0. The van der Waals surface area contributed by atoms with Gasteiger partial charge in [0.1, 0.15) is 0 Å². The van der Waals surface area contributed by atoms with Crippen LogP contribution in [0, 0.1) is 17.2 Å². The Morgan fingerprint density at radius 3 is 2.65 bits per heavy atom. The van der Waals surface area contributed by atoms with E-state index in [2.05, 4.69) is 17.9 Å². The van der Waals surface area contributed by atoms with Crippen molar-refractivity contribution in [3.8, 4) is 6.07 Å². The van der Waals surface area contributed by atoms with Crippen molar-refractivity contribution in [3.05, 3.63) is 64.1 Å². The molecule has 2 heterocycles. The minimum atomic E-state index is -0.0353. The Kier molecular flexibility index (Phi) is 4.47. The molecular weight excluding hydrogens is 286 g/mol. The van der Waals surface area contributed by atoms with Gasteiger partial charge in [-0.2, -0.15) is 5.26 Å². The number of aromatic nitrogens is 1. The van der Waals surface area contributed by atoms with E-state index in [-0.39, 0.29) is 5.56 Å². The van der Waals surface area contributed by atoms with E-state index < -0.39 is 0 Å². The van der Waals surface area contributed by atoms with Gasteiger partial charge in [0.25, 0.3) is 5.56 Å². The summed E-state index contributed by atoms with van der Waals surface area (Å²) in [6.07, 6.45) is 4.30. The van der Waals surface area contributed by atoms with Gasteiger partial charge in [0.2, 0.25) is 0 Å². The van der Waals surface area contributed by atoms with E-state index in [1.807, 2.05) is 30.5 Å². The predicted octanol–water partition coefficient (Wildman–Crippen LogP) is 3.00. The highest BCUT2D eigenvalue weighted by molar-refractivity contribution is 5.45. The first-order valence-electron chi connectivity index (χ1n) is 8.11. The van der Waals surface area contributed by atoms with Crippen LogP contribution < -0.4 is 10.5 Å². The van der Waals surface area contributed by atoms with Gasteiger partial charge in [-0.1, -0.05) is 25.1 Å². The number of benzene rings is 1. The van der Waals surface area contributed by atoms with E-state index in [0.29, 0.717) is 12.1 Å². The number of hydrogen-bond donors (Lipinski definition) is 0. The van der Waals surface area contributed by atoms with E-state index in [9.17, 15) is 10.1 Å². The molecule has 1 aliphatic rings. The summed E-state index contributed by atoms with van der Waals surface area (Å²) in [6.45, 7) is 4.79. The maximum Gasteiger partial charge on any atom is 0.250 e. The summed E-state index contributed by atoms with van der Waals surface area (Å²) in [6, 6.07) is 13.2. The zero-order chi connectivity index (χ0) is 16.2. The van der Waals surface area contributed by atoms with Gasteiger partial charge in [-0.3, -0.25) is 4.79 Å². The van der Waals surface area contributed by atoms with Crippen LogP contribution in [0.4, 0.5) is 5.69 Å². The van der Waals surface area contributed by atoms with Crippen LogP contribution in [0.15, 0.2) is 47.4 Å². The third kappa shape index (κ3) is 3.45. The molecule has 0 atom stereocenters. The number of nitriles is 1. The minimum absolute atomic E-state index is 0.0353. The monoisotopic (exact) mass is 307 g/mol. The maximum atomic E-state index is 12.2. The summed E-state index contributed by atoms with van der Waals surface area (Å²) in [5.74, 6) is 0.777. The van der Waals surface area contributed by atoms with Crippen LogP contribution in [0.5, 0.6) is 0 Å². The van der Waals surface area contributed by atoms with Crippen LogP contribution >= 0.6 is 0 Å². The Hall–Kier alpha value is -2.54. The third-order valence-corrected chi connectivity index (χ3v) is 4.60. The van der Waals surface area contributed by atoms with Gasteiger partial charge in [0.05, 0.1) is 23.9 Å². The first-order chi connectivity index (χ1) is 11.2. The van der Waals surface area contributed by atoms with E-state index in [1.165, 1.54) is 12.8 Å². The van der Waals surface area contributed by atoms with Crippen molar-refractivity contribution < 1.29 is 0 Å². The van der Waals surface area contributed by atoms with Crippen LogP contribution in [-0.2, 0) is 6.54 Å². The second kappa shape index (κ2) is 6.70. The summed E-state index contributed by atoms with van der Waals surface area (Å²) in [7, 11) is 0. The van der Waals surface area contributed by atoms with Crippen molar-refractivity contribution in [1.82, 2.24) is 4.57 Å². The molecule has 1 aliphatic heterocycles. The lowest BCUT2D eigenvalue weighted by Crippen LogP contribution is -2.34. The summed E-state index contributed by atoms with van der Waals surface area (Å²) in [5, 5.41) is 9.20. The second-order valence-electron chi connectivity index (χ2n) is 6.29. The SMILES string of the molecule is CC1CCN(c2ccc(=O)n(Cc3ccccc3C#N)c2)CC1. The molecule has 0 amide bonds. The van der Waals surface area contributed by atoms with Crippen LogP contribution in [-0.4, -0.2) is 17.7 Å². The molecule has 0 unspecified atom stereocenters. The number of nitrogens with zero attached hydrogens (tertiary/aromatic N) is 3. The number of anilines is 1. The Morgan fingerprint density at radius 2 is 1.91 bits per heavy atom. The smallest absolute Gasteiger partial charge is 0.250 e. The van der Waals surface area contributed by atoms with Gasteiger partial charge in [-0.15, -0.1) is 0 Å². The fraction of sp³-hybridized carbons (Fsp3) is 0.368. The Labute approximate surface area is 136 Å². The molecular formula is C19H21N3O. The van der Waals surface area contributed by atoms with Crippen molar-refractivity contribution in [1.29, 1.82) is 5.26 Å². The molecule has 23 heavy (non-hydrogen) atoms. The molecule has 118 valence electrons. The van der Waals surface area contributed by atoms with Gasteiger partial charge >= 0.3 is 0 Å². The molecule has 2 aromatic rings. The van der Waals surface area contributed by atoms with Crippen molar-refractivity contribution in [2.45, 2.75) is 26.3 Å². The predicted molar refractivity (Wildman–Crippen MR) is 91.6 cm³/mol. The number of rotatable bonds is 3. The van der Waals surface area contributed by atoms with E-state index in [1.54, 1.807) is 16.7 Å². The highest BCUT2D eigenvalue weighted by atomic mass is 16.1. The van der Waals surface area contributed by atoms with Gasteiger partial charge < -0.3 is 9.47 Å². The fourth-order valence-electron chi connectivity index (χ4n) is 3.05. The summed E-state index contributed by atoms with van der Waals surface area (Å²) in [4.78, 5) is 14.5. The largest absolute Gasteiger partial charge is 0.370 e. The second-order valence-corrected chi connectivity index (χ2v) is 6.29. The molecule has 0 radical (unpaired) electrons. The lowest BCUT2D eigenvalue weighted by atomic mass is 9.99. The molecule has 0 bridgehead atoms. The molecule has 1 aromatic heterocycles. The number of piperidine rings is 1. The molecule has 4 heteroatoms. The Bertz CT molecular complexity index is 780. The highest BCUT2D eigenvalue weighted by Crippen LogP contribution is 2.22. The first-order valence-corrected chi connectivity index (χ1v) is 8.11. The van der Waals surface area contributed by atoms with Crippen molar-refractivity contribution in [2.24, 2.45) is 5.92 Å². The minimum Gasteiger partial charge on any atom is -0.370 e. The topological polar surface area (TPSA) is 49.0 Å². The summed E-state index contributed by atoms with van der Waals surface area (Å²) in [5.41, 5.74) is 2.55. The molecule has 0 spiro atoms. The molecule has 1 saturated heterocycles. The molecule has 0 N–H and O–H groups in total. The lowest BCUT2D eigenvalue weighted by Gasteiger charge is -2.32. The summed E-state index contributed by atoms with van der Waals surface area (Å²) < 4.78 is 1.70. The van der Waals surface area contributed by atoms with Crippen molar-refractivity contribution in [2.75, 3.05) is 18.0 Å². The van der Waals surface area contributed by atoms with Crippen molar-refractivity contribution >= 4 is 5.69 Å². The van der Waals surface area contributed by atoms with Crippen LogP contribution in [0.2, 0.25) is 0 Å². The van der Waals surface area contributed by atoms with E-state index >= 15 is 0 Å². The zero-order valence-electron chi connectivity index (χ0n) is 13.4. The van der Waals surface area contributed by atoms with Crippen LogP contribution in [0.25, 0.3) is 0 Å².